The van der Waals surface area contributed by atoms with Crippen molar-refractivity contribution in [3.63, 3.8) is 0 Å². The summed E-state index contributed by atoms with van der Waals surface area (Å²) in [6.07, 6.45) is 0. The van der Waals surface area contributed by atoms with Gasteiger partial charge in [0.2, 0.25) is 5.91 Å². The molecular weight excluding hydrogens is 282 g/mol. The summed E-state index contributed by atoms with van der Waals surface area (Å²) in [7, 11) is 0. The highest BCUT2D eigenvalue weighted by Gasteiger charge is 2.20. The maximum Gasteiger partial charge on any atom is 0.294 e. The van der Waals surface area contributed by atoms with E-state index in [0.29, 0.717) is 0 Å². The third-order valence-electron chi connectivity index (χ3n) is 2.40. The molecule has 0 unspecified atom stereocenters. The number of rotatable bonds is 8. The fourth-order valence-electron chi connectivity index (χ4n) is 1.54. The molecule has 0 aliphatic rings. The minimum absolute atomic E-state index is 0.0293. The first-order valence-electron chi connectivity index (χ1n) is 5.85. The fraction of sp³-hybridized carbons (Fsp3) is 0.273. The molecule has 2 amide bonds. The Morgan fingerprint density at radius 2 is 2.10 bits per heavy atom. The standard InChI is InChI=1S/C11H15N5O5/c12-9(17)6-21-5-4-14-11(18)7-2-1-3-8(16(19)20)10(7)15-13/h1-3,15H,4-6,13H2,(H2,12,17)(H,14,18). The molecule has 0 aliphatic heterocycles. The summed E-state index contributed by atoms with van der Waals surface area (Å²) in [4.78, 5) is 32.5. The number of primary amides is 1. The smallest absolute Gasteiger partial charge is 0.294 e. The highest BCUT2D eigenvalue weighted by Crippen LogP contribution is 2.27. The molecule has 114 valence electrons. The van der Waals surface area contributed by atoms with Crippen LogP contribution in [0.15, 0.2) is 18.2 Å². The Kier molecular flexibility index (Phi) is 6.04. The van der Waals surface area contributed by atoms with Gasteiger partial charge in [-0.1, -0.05) is 6.07 Å². The number of para-hydroxylation sites is 1. The van der Waals surface area contributed by atoms with Crippen molar-refractivity contribution >= 4 is 23.2 Å². The molecule has 1 aromatic rings. The van der Waals surface area contributed by atoms with Crippen LogP contribution in [0.4, 0.5) is 11.4 Å². The molecule has 0 spiro atoms. The number of anilines is 1. The Morgan fingerprint density at radius 3 is 2.67 bits per heavy atom. The second kappa shape index (κ2) is 7.77. The SMILES string of the molecule is NNc1c(C(=O)NCCOCC(N)=O)cccc1[N+](=O)[O-]. The molecule has 0 fully saturated rings. The highest BCUT2D eigenvalue weighted by molar-refractivity contribution is 6.01. The minimum Gasteiger partial charge on any atom is -0.370 e. The number of carbonyl (C=O) groups excluding carboxylic acids is 2. The van der Waals surface area contributed by atoms with E-state index in [1.54, 1.807) is 0 Å². The van der Waals surface area contributed by atoms with Crippen LogP contribution in [0.1, 0.15) is 10.4 Å². The summed E-state index contributed by atoms with van der Waals surface area (Å²) in [6, 6.07) is 3.99. The maximum atomic E-state index is 11.9. The van der Waals surface area contributed by atoms with Crippen LogP contribution in [0.25, 0.3) is 0 Å². The molecule has 0 saturated carbocycles. The van der Waals surface area contributed by atoms with Crippen molar-refractivity contribution in [1.29, 1.82) is 0 Å². The zero-order valence-corrected chi connectivity index (χ0v) is 11.0. The predicted octanol–water partition coefficient (Wildman–Crippen LogP) is -0.888. The first kappa shape index (κ1) is 16.3. The number of hydrogen-bond donors (Lipinski definition) is 4. The van der Waals surface area contributed by atoms with Crippen LogP contribution >= 0.6 is 0 Å². The second-order valence-electron chi connectivity index (χ2n) is 3.88. The molecule has 0 radical (unpaired) electrons. The van der Waals surface area contributed by atoms with Crippen molar-refractivity contribution in [2.75, 3.05) is 25.2 Å². The van der Waals surface area contributed by atoms with Crippen LogP contribution in [0, 0.1) is 10.1 Å². The van der Waals surface area contributed by atoms with Gasteiger partial charge in [-0.25, -0.2) is 0 Å². The number of nitrogens with two attached hydrogens (primary N) is 2. The van der Waals surface area contributed by atoms with E-state index in [9.17, 15) is 19.7 Å². The van der Waals surface area contributed by atoms with Crippen molar-refractivity contribution in [3.8, 4) is 0 Å². The summed E-state index contributed by atoms with van der Waals surface area (Å²) < 4.78 is 4.86. The van der Waals surface area contributed by atoms with Crippen molar-refractivity contribution in [2.24, 2.45) is 11.6 Å². The topological polar surface area (TPSA) is 163 Å². The third kappa shape index (κ3) is 4.71. The van der Waals surface area contributed by atoms with E-state index in [1.165, 1.54) is 18.2 Å². The van der Waals surface area contributed by atoms with Gasteiger partial charge in [-0.05, 0) is 6.07 Å². The van der Waals surface area contributed by atoms with Crippen molar-refractivity contribution in [3.05, 3.63) is 33.9 Å². The summed E-state index contributed by atoms with van der Waals surface area (Å²) in [6.45, 7) is -0.0594. The molecular formula is C11H15N5O5. The molecule has 1 rings (SSSR count). The van der Waals surface area contributed by atoms with Gasteiger partial charge < -0.3 is 21.2 Å². The lowest BCUT2D eigenvalue weighted by Gasteiger charge is -2.10. The Morgan fingerprint density at radius 1 is 1.38 bits per heavy atom. The van der Waals surface area contributed by atoms with Crippen molar-refractivity contribution < 1.29 is 19.2 Å². The quantitative estimate of drug-likeness (QED) is 0.209. The number of ether oxygens (including phenoxy) is 1. The molecule has 10 heteroatoms. The highest BCUT2D eigenvalue weighted by atomic mass is 16.6. The van der Waals surface area contributed by atoms with Gasteiger partial charge in [0.25, 0.3) is 11.6 Å². The monoisotopic (exact) mass is 297 g/mol. The van der Waals surface area contributed by atoms with Crippen LogP contribution in [-0.4, -0.2) is 36.5 Å². The summed E-state index contributed by atoms with van der Waals surface area (Å²) >= 11 is 0. The molecule has 21 heavy (non-hydrogen) atoms. The van der Waals surface area contributed by atoms with Crippen molar-refractivity contribution in [2.45, 2.75) is 0 Å². The number of hydrazine groups is 1. The van der Waals surface area contributed by atoms with Crippen molar-refractivity contribution in [1.82, 2.24) is 5.32 Å². The van der Waals surface area contributed by atoms with Gasteiger partial charge in [0, 0.05) is 12.6 Å². The number of hydrogen-bond acceptors (Lipinski definition) is 7. The average Bonchev–Trinajstić information content (AvgIpc) is 2.45. The van der Waals surface area contributed by atoms with E-state index < -0.39 is 16.7 Å². The number of amides is 2. The van der Waals surface area contributed by atoms with Gasteiger partial charge in [0.05, 0.1) is 17.1 Å². The van der Waals surface area contributed by atoms with E-state index in [1.807, 2.05) is 0 Å². The second-order valence-corrected chi connectivity index (χ2v) is 3.88. The first-order valence-corrected chi connectivity index (χ1v) is 5.85. The molecule has 6 N–H and O–H groups in total. The summed E-state index contributed by atoms with van der Waals surface area (Å²) in [5.41, 5.74) is 6.65. The summed E-state index contributed by atoms with van der Waals surface area (Å²) in [5.74, 6) is 4.05. The number of nitrogens with one attached hydrogen (secondary N) is 2. The van der Waals surface area contributed by atoms with Gasteiger partial charge in [0.15, 0.2) is 0 Å². The Labute approximate surface area is 119 Å². The van der Waals surface area contributed by atoms with Gasteiger partial charge >= 0.3 is 0 Å². The van der Waals surface area contributed by atoms with Crippen LogP contribution in [-0.2, 0) is 9.53 Å². The lowest BCUT2D eigenvalue weighted by Crippen LogP contribution is -2.30. The Balaban J connectivity index is 2.68. The van der Waals surface area contributed by atoms with Gasteiger partial charge in [-0.2, -0.15) is 0 Å². The molecule has 10 nitrogen and oxygen atoms in total. The van der Waals surface area contributed by atoms with E-state index >= 15 is 0 Å². The number of nitrogens with zero attached hydrogens (tertiary/aromatic N) is 1. The third-order valence-corrected chi connectivity index (χ3v) is 2.40. The van der Waals surface area contributed by atoms with Crippen LogP contribution in [0.2, 0.25) is 0 Å². The van der Waals surface area contributed by atoms with Gasteiger partial charge in [-0.15, -0.1) is 0 Å². The molecule has 0 aliphatic carbocycles. The van der Waals surface area contributed by atoms with E-state index in [4.69, 9.17) is 16.3 Å². The Bertz CT molecular complexity index is 548. The first-order chi connectivity index (χ1) is 9.97. The van der Waals surface area contributed by atoms with E-state index in [0.717, 1.165) is 0 Å². The fourth-order valence-corrected chi connectivity index (χ4v) is 1.54. The van der Waals surface area contributed by atoms with Crippen LogP contribution in [0.3, 0.4) is 0 Å². The average molecular weight is 297 g/mol. The van der Waals surface area contributed by atoms with Crippen LogP contribution < -0.4 is 22.3 Å². The molecule has 0 bridgehead atoms. The number of nitro benzene ring substituents is 1. The number of nitrogen functional groups attached to an aromatic ring is 1. The Hall–Kier alpha value is -2.72. The maximum absolute atomic E-state index is 11.9. The molecule has 1 aromatic carbocycles. The lowest BCUT2D eigenvalue weighted by atomic mass is 10.1. The van der Waals surface area contributed by atoms with E-state index in [-0.39, 0.29) is 36.7 Å². The molecule has 0 aromatic heterocycles. The largest absolute Gasteiger partial charge is 0.370 e. The van der Waals surface area contributed by atoms with Gasteiger partial charge in [0.1, 0.15) is 12.3 Å². The zero-order valence-electron chi connectivity index (χ0n) is 11.0. The number of benzene rings is 1. The zero-order chi connectivity index (χ0) is 15.8. The molecule has 0 atom stereocenters. The predicted molar refractivity (Wildman–Crippen MR) is 73.3 cm³/mol. The normalized spacial score (nSPS) is 9.95. The molecule has 0 saturated heterocycles. The lowest BCUT2D eigenvalue weighted by molar-refractivity contribution is -0.384. The molecule has 0 heterocycles. The summed E-state index contributed by atoms with van der Waals surface area (Å²) in [5, 5.41) is 13.3. The van der Waals surface area contributed by atoms with Crippen LogP contribution in [0.5, 0.6) is 0 Å². The number of carbonyl (C=O) groups is 2. The minimum atomic E-state index is -0.651. The number of nitro groups is 1. The van der Waals surface area contributed by atoms with Gasteiger partial charge in [-0.3, -0.25) is 25.5 Å². The van der Waals surface area contributed by atoms with E-state index in [2.05, 4.69) is 10.7 Å².